The number of fused-ring (bicyclic) bond motifs is 5. The number of carbonyl (C=O) groups is 1. The number of aromatic nitrogens is 1. The van der Waals surface area contributed by atoms with Crippen LogP contribution < -0.4 is 5.43 Å². The molecule has 4 fully saturated rings. The van der Waals surface area contributed by atoms with Crippen LogP contribution >= 0.6 is 0 Å². The van der Waals surface area contributed by atoms with Crippen molar-refractivity contribution in [2.75, 3.05) is 0 Å². The summed E-state index contributed by atoms with van der Waals surface area (Å²) in [6.07, 6.45) is 14.1. The third kappa shape index (κ3) is 3.52. The second-order valence-electron chi connectivity index (χ2n) is 11.7. The van der Waals surface area contributed by atoms with Gasteiger partial charge in [0.2, 0.25) is 0 Å². The van der Waals surface area contributed by atoms with Gasteiger partial charge < -0.3 is 5.11 Å². The van der Waals surface area contributed by atoms with Crippen LogP contribution in [0.1, 0.15) is 88.9 Å². The molecule has 8 atom stereocenters. The minimum atomic E-state index is -0.166. The van der Waals surface area contributed by atoms with Crippen LogP contribution in [-0.2, 0) is 0 Å². The standard InChI is InChI=1S/C27H39N3O2/c1-17(29-30-25(32)18-10-14-28-15-11-18)22-6-7-23-21-5-4-19-16-20(31)8-12-26(19,2)24(21)9-13-27(22,23)3/h10-11,14-15,19-24,31H,4-9,12-13,16H2,1-3H3,(H,30,32)/t19-,20+,21-,22+,23-,24+,26+,27-/m1/s1. The van der Waals surface area contributed by atoms with Crippen LogP contribution in [0, 0.1) is 40.4 Å². The highest BCUT2D eigenvalue weighted by Crippen LogP contribution is 2.67. The third-order valence-electron chi connectivity index (χ3n) is 10.4. The molecule has 0 aromatic carbocycles. The van der Waals surface area contributed by atoms with Crippen LogP contribution in [0.2, 0.25) is 0 Å². The van der Waals surface area contributed by atoms with Gasteiger partial charge in [-0.1, -0.05) is 13.8 Å². The van der Waals surface area contributed by atoms with E-state index in [1.54, 1.807) is 24.5 Å². The van der Waals surface area contributed by atoms with Crippen molar-refractivity contribution in [3.63, 3.8) is 0 Å². The van der Waals surface area contributed by atoms with Gasteiger partial charge in [0.25, 0.3) is 5.91 Å². The average molecular weight is 438 g/mol. The molecule has 1 aromatic heterocycles. The van der Waals surface area contributed by atoms with E-state index in [4.69, 9.17) is 0 Å². The number of nitrogens with zero attached hydrogens (tertiary/aromatic N) is 2. The number of pyridine rings is 1. The molecule has 1 aromatic rings. The Balaban J connectivity index is 1.31. The van der Waals surface area contributed by atoms with Crippen molar-refractivity contribution in [1.82, 2.24) is 10.4 Å². The van der Waals surface area contributed by atoms with Gasteiger partial charge in [-0.15, -0.1) is 0 Å². The zero-order chi connectivity index (χ0) is 22.5. The van der Waals surface area contributed by atoms with E-state index < -0.39 is 0 Å². The van der Waals surface area contributed by atoms with Crippen LogP contribution in [-0.4, -0.2) is 27.8 Å². The lowest BCUT2D eigenvalue weighted by Crippen LogP contribution is -2.54. The summed E-state index contributed by atoms with van der Waals surface area (Å²) in [5.41, 5.74) is 5.17. The second kappa shape index (κ2) is 8.23. The first-order valence-electron chi connectivity index (χ1n) is 12.8. The number of carbonyl (C=O) groups excluding carboxylic acids is 1. The van der Waals surface area contributed by atoms with Crippen molar-refractivity contribution < 1.29 is 9.90 Å². The molecule has 0 radical (unpaired) electrons. The highest BCUT2D eigenvalue weighted by Gasteiger charge is 2.60. The maximum absolute atomic E-state index is 12.4. The van der Waals surface area contributed by atoms with E-state index in [9.17, 15) is 9.90 Å². The molecule has 4 aliphatic rings. The summed E-state index contributed by atoms with van der Waals surface area (Å²) in [6.45, 7) is 7.17. The quantitative estimate of drug-likeness (QED) is 0.504. The molecule has 1 amide bonds. The molecular formula is C27H39N3O2. The Morgan fingerprint density at radius 3 is 2.53 bits per heavy atom. The lowest BCUT2D eigenvalue weighted by molar-refractivity contribution is -0.123. The molecule has 32 heavy (non-hydrogen) atoms. The van der Waals surface area contributed by atoms with Crippen LogP contribution in [0.15, 0.2) is 29.6 Å². The molecule has 0 unspecified atom stereocenters. The van der Waals surface area contributed by atoms with Crippen molar-refractivity contribution in [3.05, 3.63) is 30.1 Å². The average Bonchev–Trinajstić information content (AvgIpc) is 3.15. The highest BCUT2D eigenvalue weighted by atomic mass is 16.3. The van der Waals surface area contributed by atoms with Crippen LogP contribution in [0.3, 0.4) is 0 Å². The van der Waals surface area contributed by atoms with Crippen molar-refractivity contribution >= 4 is 11.6 Å². The zero-order valence-electron chi connectivity index (χ0n) is 19.9. The monoisotopic (exact) mass is 437 g/mol. The van der Waals surface area contributed by atoms with E-state index in [2.05, 4.69) is 36.3 Å². The number of amides is 1. The van der Waals surface area contributed by atoms with Gasteiger partial charge in [0.15, 0.2) is 0 Å². The van der Waals surface area contributed by atoms with E-state index in [-0.39, 0.29) is 17.4 Å². The lowest BCUT2D eigenvalue weighted by atomic mass is 9.44. The maximum Gasteiger partial charge on any atom is 0.271 e. The summed E-state index contributed by atoms with van der Waals surface area (Å²) in [4.78, 5) is 16.4. The van der Waals surface area contributed by atoms with Gasteiger partial charge >= 0.3 is 0 Å². The Labute approximate surface area is 192 Å². The van der Waals surface area contributed by atoms with Crippen molar-refractivity contribution in [2.45, 2.75) is 84.7 Å². The predicted molar refractivity (Wildman–Crippen MR) is 126 cm³/mol. The largest absolute Gasteiger partial charge is 0.393 e. The Morgan fingerprint density at radius 1 is 1.03 bits per heavy atom. The van der Waals surface area contributed by atoms with Gasteiger partial charge in [-0.3, -0.25) is 9.78 Å². The van der Waals surface area contributed by atoms with Crippen LogP contribution in [0.4, 0.5) is 0 Å². The van der Waals surface area contributed by atoms with Gasteiger partial charge in [-0.05, 0) is 111 Å². The first kappa shape index (κ1) is 22.1. The maximum atomic E-state index is 12.4. The fourth-order valence-corrected chi connectivity index (χ4v) is 8.71. The Hall–Kier alpha value is -1.75. The van der Waals surface area contributed by atoms with Crippen molar-refractivity contribution in [3.8, 4) is 0 Å². The Bertz CT molecular complexity index is 886. The van der Waals surface area contributed by atoms with Gasteiger partial charge in [-0.25, -0.2) is 5.43 Å². The topological polar surface area (TPSA) is 74.6 Å². The van der Waals surface area contributed by atoms with Gasteiger partial charge in [0.05, 0.1) is 6.10 Å². The fraction of sp³-hybridized carbons (Fsp3) is 0.741. The molecule has 2 N–H and O–H groups in total. The summed E-state index contributed by atoms with van der Waals surface area (Å²) in [6, 6.07) is 3.44. The predicted octanol–water partition coefficient (Wildman–Crippen LogP) is 5.21. The lowest BCUT2D eigenvalue weighted by Gasteiger charge is -2.61. The van der Waals surface area contributed by atoms with Crippen molar-refractivity contribution in [2.24, 2.45) is 45.5 Å². The zero-order valence-corrected chi connectivity index (χ0v) is 19.9. The smallest absolute Gasteiger partial charge is 0.271 e. The van der Waals surface area contributed by atoms with Gasteiger partial charge in [-0.2, -0.15) is 5.10 Å². The first-order chi connectivity index (χ1) is 15.3. The molecule has 4 aliphatic carbocycles. The molecule has 5 nitrogen and oxygen atoms in total. The summed E-state index contributed by atoms with van der Waals surface area (Å²) in [5.74, 6) is 3.38. The van der Waals surface area contributed by atoms with E-state index in [0.29, 0.717) is 22.8 Å². The van der Waals surface area contributed by atoms with Crippen molar-refractivity contribution in [1.29, 1.82) is 0 Å². The van der Waals surface area contributed by atoms with E-state index in [1.807, 2.05) is 0 Å². The number of hydrazone groups is 1. The Kier molecular flexibility index (Phi) is 5.68. The summed E-state index contributed by atoms with van der Waals surface area (Å²) < 4.78 is 0. The molecule has 5 rings (SSSR count). The van der Waals surface area contributed by atoms with Gasteiger partial charge in [0.1, 0.15) is 0 Å². The molecule has 0 saturated heterocycles. The number of aliphatic hydroxyl groups excluding tert-OH is 1. The minimum Gasteiger partial charge on any atom is -0.393 e. The fourth-order valence-electron chi connectivity index (χ4n) is 8.71. The minimum absolute atomic E-state index is 0.0736. The molecule has 5 heteroatoms. The molecular weight excluding hydrogens is 398 g/mol. The number of aliphatic hydroxyl groups is 1. The normalized spacial score (nSPS) is 43.7. The first-order valence-corrected chi connectivity index (χ1v) is 12.8. The summed E-state index contributed by atoms with van der Waals surface area (Å²) in [5, 5.41) is 14.8. The number of nitrogens with one attached hydrogen (secondary N) is 1. The SMILES string of the molecule is CC(=NNC(=O)c1ccncc1)[C@@H]1CC[C@@H]2[C@H]3CC[C@@H]4C[C@@H](O)CC[C@]4(C)[C@H]3CC[C@@]21C. The third-order valence-corrected chi connectivity index (χ3v) is 10.4. The van der Waals surface area contributed by atoms with E-state index >= 15 is 0 Å². The molecule has 0 bridgehead atoms. The summed E-state index contributed by atoms with van der Waals surface area (Å²) in [7, 11) is 0. The number of rotatable bonds is 3. The molecule has 4 saturated carbocycles. The van der Waals surface area contributed by atoms with Crippen LogP contribution in [0.5, 0.6) is 0 Å². The highest BCUT2D eigenvalue weighted by molar-refractivity contribution is 5.95. The molecule has 174 valence electrons. The molecule has 0 aliphatic heterocycles. The summed E-state index contributed by atoms with van der Waals surface area (Å²) >= 11 is 0. The second-order valence-corrected chi connectivity index (χ2v) is 11.7. The van der Waals surface area contributed by atoms with Crippen LogP contribution in [0.25, 0.3) is 0 Å². The number of hydrogen-bond acceptors (Lipinski definition) is 4. The number of hydrogen-bond donors (Lipinski definition) is 2. The molecule has 1 heterocycles. The Morgan fingerprint density at radius 2 is 1.75 bits per heavy atom. The molecule has 0 spiro atoms. The van der Waals surface area contributed by atoms with E-state index in [1.165, 1.54) is 44.9 Å². The van der Waals surface area contributed by atoms with E-state index in [0.717, 1.165) is 36.3 Å². The van der Waals surface area contributed by atoms with Gasteiger partial charge in [0, 0.05) is 29.6 Å².